The zero-order valence-corrected chi connectivity index (χ0v) is 15.3. The fraction of sp³-hybridized carbons (Fsp3) is 0.667. The largest absolute Gasteiger partial charge is 0.389 e. The van der Waals surface area contributed by atoms with Crippen molar-refractivity contribution >= 4 is 5.91 Å². The van der Waals surface area contributed by atoms with Crippen LogP contribution in [0.4, 0.5) is 0 Å². The number of aliphatic hydroxyl groups is 1. The molecule has 0 bridgehead atoms. The van der Waals surface area contributed by atoms with Gasteiger partial charge in [0.05, 0.1) is 5.60 Å². The summed E-state index contributed by atoms with van der Waals surface area (Å²) in [6, 6.07) is 10.2. The van der Waals surface area contributed by atoms with Crippen LogP contribution < -0.4 is 0 Å². The lowest BCUT2D eigenvalue weighted by Crippen LogP contribution is -2.45. The number of benzene rings is 1. The number of amides is 1. The summed E-state index contributed by atoms with van der Waals surface area (Å²) in [4.78, 5) is 16.9. The molecule has 1 aromatic rings. The second-order valence-electron chi connectivity index (χ2n) is 7.78. The molecule has 1 aliphatic heterocycles. The Morgan fingerprint density at radius 2 is 1.72 bits per heavy atom. The predicted octanol–water partition coefficient (Wildman–Crippen LogP) is 2.85. The third-order valence-corrected chi connectivity index (χ3v) is 5.71. The van der Waals surface area contributed by atoms with Crippen LogP contribution in [0, 0.1) is 0 Å². The van der Waals surface area contributed by atoms with Crippen molar-refractivity contribution in [3.8, 4) is 0 Å². The fourth-order valence-electron chi connectivity index (χ4n) is 4.22. The Labute approximate surface area is 151 Å². The molecule has 138 valence electrons. The number of hydrogen-bond donors (Lipinski definition) is 1. The zero-order chi connectivity index (χ0) is 17.5. The summed E-state index contributed by atoms with van der Waals surface area (Å²) < 4.78 is 0. The van der Waals surface area contributed by atoms with E-state index in [0.717, 1.165) is 71.2 Å². The smallest absolute Gasteiger partial charge is 0.222 e. The number of hydrogen-bond acceptors (Lipinski definition) is 3. The number of carbonyl (C=O) groups is 1. The van der Waals surface area contributed by atoms with E-state index < -0.39 is 5.60 Å². The van der Waals surface area contributed by atoms with E-state index in [1.54, 1.807) is 0 Å². The zero-order valence-electron chi connectivity index (χ0n) is 15.3. The number of aryl methyl sites for hydroxylation is 1. The Morgan fingerprint density at radius 1 is 0.960 bits per heavy atom. The van der Waals surface area contributed by atoms with Gasteiger partial charge in [0.25, 0.3) is 0 Å². The van der Waals surface area contributed by atoms with Crippen LogP contribution in [0.2, 0.25) is 0 Å². The molecule has 1 heterocycles. The fourth-order valence-corrected chi connectivity index (χ4v) is 4.22. The maximum atomic E-state index is 12.5. The van der Waals surface area contributed by atoms with Crippen molar-refractivity contribution in [2.45, 2.75) is 57.0 Å². The van der Waals surface area contributed by atoms with Crippen LogP contribution in [0.25, 0.3) is 0 Å². The lowest BCUT2D eigenvalue weighted by molar-refractivity contribution is -0.131. The maximum absolute atomic E-state index is 12.5. The number of carbonyl (C=O) groups excluding carboxylic acids is 1. The van der Waals surface area contributed by atoms with Crippen molar-refractivity contribution in [3.05, 3.63) is 35.9 Å². The Hall–Kier alpha value is -1.39. The Bertz CT molecular complexity index is 540. The molecule has 2 aliphatic rings. The molecule has 4 heteroatoms. The average Bonchev–Trinajstić information content (AvgIpc) is 2.86. The van der Waals surface area contributed by atoms with E-state index in [2.05, 4.69) is 17.0 Å². The van der Waals surface area contributed by atoms with Gasteiger partial charge in [-0.05, 0) is 31.2 Å². The number of nitrogens with zero attached hydrogens (tertiary/aromatic N) is 2. The highest BCUT2D eigenvalue weighted by molar-refractivity contribution is 5.76. The van der Waals surface area contributed by atoms with Crippen LogP contribution in [0.15, 0.2) is 30.3 Å². The van der Waals surface area contributed by atoms with Gasteiger partial charge in [0.15, 0.2) is 0 Å². The van der Waals surface area contributed by atoms with E-state index in [4.69, 9.17) is 0 Å². The second kappa shape index (κ2) is 8.81. The summed E-state index contributed by atoms with van der Waals surface area (Å²) in [5, 5.41) is 10.8. The molecule has 1 saturated carbocycles. The molecule has 0 atom stereocenters. The average molecular weight is 344 g/mol. The first-order valence-electron chi connectivity index (χ1n) is 9.91. The topological polar surface area (TPSA) is 43.8 Å². The number of rotatable bonds is 5. The molecule has 1 N–H and O–H groups in total. The van der Waals surface area contributed by atoms with Crippen LogP contribution in [0.1, 0.15) is 50.5 Å². The quantitative estimate of drug-likeness (QED) is 0.893. The normalized spacial score (nSPS) is 21.7. The second-order valence-corrected chi connectivity index (χ2v) is 7.78. The molecule has 0 spiro atoms. The highest BCUT2D eigenvalue weighted by Gasteiger charge is 2.32. The molecular formula is C21H32N2O2. The third-order valence-electron chi connectivity index (χ3n) is 5.71. The van der Waals surface area contributed by atoms with E-state index in [0.29, 0.717) is 6.42 Å². The van der Waals surface area contributed by atoms with Crippen molar-refractivity contribution in [1.29, 1.82) is 0 Å². The first-order valence-corrected chi connectivity index (χ1v) is 9.91. The summed E-state index contributed by atoms with van der Waals surface area (Å²) in [7, 11) is 0. The Balaban J connectivity index is 1.45. The molecule has 2 fully saturated rings. The highest BCUT2D eigenvalue weighted by atomic mass is 16.3. The maximum Gasteiger partial charge on any atom is 0.222 e. The Kier molecular flexibility index (Phi) is 6.49. The SMILES string of the molecule is O=C(CCc1ccccc1)N1CCCN(CC2(O)CCCCC2)CC1. The summed E-state index contributed by atoms with van der Waals surface area (Å²) in [5.41, 5.74) is 0.733. The van der Waals surface area contributed by atoms with Crippen molar-refractivity contribution in [3.63, 3.8) is 0 Å². The van der Waals surface area contributed by atoms with Gasteiger partial charge in [0.1, 0.15) is 0 Å². The third kappa shape index (κ3) is 5.55. The molecule has 1 saturated heterocycles. The van der Waals surface area contributed by atoms with E-state index >= 15 is 0 Å². The van der Waals surface area contributed by atoms with Gasteiger partial charge in [-0.1, -0.05) is 49.6 Å². The summed E-state index contributed by atoms with van der Waals surface area (Å²) in [6.07, 6.45) is 7.84. The minimum atomic E-state index is -0.495. The summed E-state index contributed by atoms with van der Waals surface area (Å²) in [6.45, 7) is 4.30. The van der Waals surface area contributed by atoms with Crippen LogP contribution in [0.5, 0.6) is 0 Å². The monoisotopic (exact) mass is 344 g/mol. The van der Waals surface area contributed by atoms with Gasteiger partial charge >= 0.3 is 0 Å². The van der Waals surface area contributed by atoms with E-state index in [1.807, 2.05) is 23.1 Å². The molecule has 0 radical (unpaired) electrons. The van der Waals surface area contributed by atoms with Crippen molar-refractivity contribution in [2.75, 3.05) is 32.7 Å². The first kappa shape index (κ1) is 18.4. The molecule has 1 aromatic carbocycles. The van der Waals surface area contributed by atoms with Crippen LogP contribution in [-0.4, -0.2) is 59.1 Å². The standard InChI is InChI=1S/C21H32N2O2/c24-20(11-10-19-8-3-1-4-9-19)23-15-7-14-22(16-17-23)18-21(25)12-5-2-6-13-21/h1,3-4,8-9,25H,2,5-7,10-18H2. The predicted molar refractivity (Wildman–Crippen MR) is 100 cm³/mol. The van der Waals surface area contributed by atoms with Gasteiger partial charge in [-0.25, -0.2) is 0 Å². The van der Waals surface area contributed by atoms with Crippen molar-refractivity contribution in [1.82, 2.24) is 9.80 Å². The first-order chi connectivity index (χ1) is 12.1. The molecule has 0 aromatic heterocycles. The lowest BCUT2D eigenvalue weighted by atomic mass is 9.84. The number of β-amino-alcohol motifs (C(OH)–C–C–N with tert-alkyl or cyclic N) is 1. The van der Waals surface area contributed by atoms with Crippen LogP contribution in [-0.2, 0) is 11.2 Å². The van der Waals surface area contributed by atoms with Gasteiger partial charge in [-0.2, -0.15) is 0 Å². The molecule has 3 rings (SSSR count). The minimum absolute atomic E-state index is 0.266. The Morgan fingerprint density at radius 3 is 2.48 bits per heavy atom. The molecule has 4 nitrogen and oxygen atoms in total. The van der Waals surface area contributed by atoms with E-state index in [-0.39, 0.29) is 5.91 Å². The summed E-state index contributed by atoms with van der Waals surface area (Å²) in [5.74, 6) is 0.266. The van der Waals surface area contributed by atoms with Gasteiger partial charge in [0, 0.05) is 39.1 Å². The lowest BCUT2D eigenvalue weighted by Gasteiger charge is -2.36. The molecule has 25 heavy (non-hydrogen) atoms. The summed E-state index contributed by atoms with van der Waals surface area (Å²) >= 11 is 0. The van der Waals surface area contributed by atoms with Crippen LogP contribution in [0.3, 0.4) is 0 Å². The van der Waals surface area contributed by atoms with Gasteiger partial charge in [-0.15, -0.1) is 0 Å². The molecular weight excluding hydrogens is 312 g/mol. The van der Waals surface area contributed by atoms with Gasteiger partial charge in [0.2, 0.25) is 5.91 Å². The van der Waals surface area contributed by atoms with Gasteiger partial charge in [-0.3, -0.25) is 9.69 Å². The van der Waals surface area contributed by atoms with Crippen LogP contribution >= 0.6 is 0 Å². The molecule has 1 amide bonds. The molecule has 0 unspecified atom stereocenters. The van der Waals surface area contributed by atoms with Crippen molar-refractivity contribution < 1.29 is 9.90 Å². The van der Waals surface area contributed by atoms with E-state index in [1.165, 1.54) is 12.0 Å². The van der Waals surface area contributed by atoms with Gasteiger partial charge < -0.3 is 10.0 Å². The highest BCUT2D eigenvalue weighted by Crippen LogP contribution is 2.29. The molecule has 1 aliphatic carbocycles. The minimum Gasteiger partial charge on any atom is -0.389 e. The van der Waals surface area contributed by atoms with Crippen molar-refractivity contribution in [2.24, 2.45) is 0 Å². The van der Waals surface area contributed by atoms with E-state index in [9.17, 15) is 9.90 Å².